The van der Waals surface area contributed by atoms with Gasteiger partial charge < -0.3 is 5.11 Å². The van der Waals surface area contributed by atoms with Crippen molar-refractivity contribution in [2.75, 3.05) is 13.1 Å². The van der Waals surface area contributed by atoms with Crippen molar-refractivity contribution in [1.29, 1.82) is 0 Å². The van der Waals surface area contributed by atoms with Gasteiger partial charge in [-0.05, 0) is 0 Å². The third kappa shape index (κ3) is 1.41. The van der Waals surface area contributed by atoms with Crippen molar-refractivity contribution in [2.24, 2.45) is 4.99 Å². The predicted molar refractivity (Wildman–Crippen MR) is 47.6 cm³/mol. The van der Waals surface area contributed by atoms with E-state index in [0.717, 1.165) is 0 Å². The van der Waals surface area contributed by atoms with Crippen LogP contribution in [0.5, 0.6) is 0 Å². The molecule has 1 N–H and O–H groups in total. The number of carboxylic acids is 1. The Balaban J connectivity index is 2.10. The quantitative estimate of drug-likeness (QED) is 0.668. The average Bonchev–Trinajstić information content (AvgIpc) is 2.56. The maximum absolute atomic E-state index is 11.5. The van der Waals surface area contributed by atoms with Gasteiger partial charge in [-0.1, -0.05) is 11.8 Å². The SMILES string of the molecule is O=C(O)CC1SC2=NCCN2C1=O. The van der Waals surface area contributed by atoms with Crippen LogP contribution in [0.3, 0.4) is 0 Å². The van der Waals surface area contributed by atoms with Gasteiger partial charge in [0.1, 0.15) is 5.25 Å². The molecule has 0 aromatic heterocycles. The Morgan fingerprint density at radius 2 is 2.54 bits per heavy atom. The number of amidine groups is 1. The van der Waals surface area contributed by atoms with Gasteiger partial charge in [0.25, 0.3) is 0 Å². The van der Waals surface area contributed by atoms with Gasteiger partial charge in [0, 0.05) is 6.54 Å². The summed E-state index contributed by atoms with van der Waals surface area (Å²) in [5.74, 6) is -1.05. The van der Waals surface area contributed by atoms with Crippen LogP contribution in [0.4, 0.5) is 0 Å². The van der Waals surface area contributed by atoms with Crippen molar-refractivity contribution in [1.82, 2.24) is 4.90 Å². The number of carbonyl (C=O) groups is 2. The maximum Gasteiger partial charge on any atom is 0.305 e. The van der Waals surface area contributed by atoms with E-state index in [0.29, 0.717) is 18.3 Å². The molecule has 6 heteroatoms. The normalized spacial score (nSPS) is 26.2. The number of amides is 1. The van der Waals surface area contributed by atoms with E-state index < -0.39 is 11.2 Å². The van der Waals surface area contributed by atoms with Gasteiger partial charge in [-0.2, -0.15) is 0 Å². The molecule has 1 atom stereocenters. The van der Waals surface area contributed by atoms with Crippen LogP contribution in [0.1, 0.15) is 6.42 Å². The summed E-state index contributed by atoms with van der Waals surface area (Å²) >= 11 is 1.26. The van der Waals surface area contributed by atoms with E-state index in [1.54, 1.807) is 4.90 Å². The number of thioether (sulfide) groups is 1. The molecule has 5 nitrogen and oxygen atoms in total. The zero-order valence-electron chi connectivity index (χ0n) is 6.77. The van der Waals surface area contributed by atoms with E-state index >= 15 is 0 Å². The first kappa shape index (κ1) is 8.55. The molecule has 13 heavy (non-hydrogen) atoms. The number of hydrogen-bond acceptors (Lipinski definition) is 4. The summed E-state index contributed by atoms with van der Waals surface area (Å²) in [5.41, 5.74) is 0. The number of aliphatic imine (C=N–C) groups is 1. The fraction of sp³-hybridized carbons (Fsp3) is 0.571. The minimum absolute atomic E-state index is 0.108. The monoisotopic (exact) mass is 200 g/mol. The Labute approximate surface area is 78.8 Å². The summed E-state index contributed by atoms with van der Waals surface area (Å²) in [6.45, 7) is 1.26. The molecule has 2 heterocycles. The van der Waals surface area contributed by atoms with Crippen LogP contribution >= 0.6 is 11.8 Å². The largest absolute Gasteiger partial charge is 0.481 e. The lowest BCUT2D eigenvalue weighted by molar-refractivity contribution is -0.139. The van der Waals surface area contributed by atoms with Crippen molar-refractivity contribution in [3.8, 4) is 0 Å². The Bertz CT molecular complexity index is 302. The number of nitrogens with zero attached hydrogens (tertiary/aromatic N) is 2. The highest BCUT2D eigenvalue weighted by Crippen LogP contribution is 2.31. The van der Waals surface area contributed by atoms with Crippen LogP contribution in [0, 0.1) is 0 Å². The minimum Gasteiger partial charge on any atom is -0.481 e. The number of carboxylic acid groups (broad SMARTS) is 1. The topological polar surface area (TPSA) is 70.0 Å². The van der Waals surface area contributed by atoms with E-state index in [1.807, 2.05) is 0 Å². The van der Waals surface area contributed by atoms with Gasteiger partial charge in [-0.15, -0.1) is 0 Å². The van der Waals surface area contributed by atoms with Crippen LogP contribution in [0.2, 0.25) is 0 Å². The van der Waals surface area contributed by atoms with E-state index in [2.05, 4.69) is 4.99 Å². The molecule has 0 aliphatic carbocycles. The van der Waals surface area contributed by atoms with Crippen LogP contribution in [-0.4, -0.2) is 45.4 Å². The Morgan fingerprint density at radius 3 is 3.15 bits per heavy atom. The lowest BCUT2D eigenvalue weighted by Crippen LogP contribution is -2.31. The number of hydrogen-bond donors (Lipinski definition) is 1. The molecular weight excluding hydrogens is 192 g/mol. The fourth-order valence-corrected chi connectivity index (χ4v) is 2.55. The summed E-state index contributed by atoms with van der Waals surface area (Å²) in [4.78, 5) is 27.5. The molecule has 0 saturated carbocycles. The van der Waals surface area contributed by atoms with Crippen molar-refractivity contribution in [2.45, 2.75) is 11.7 Å². The van der Waals surface area contributed by atoms with Gasteiger partial charge in [-0.25, -0.2) is 0 Å². The zero-order chi connectivity index (χ0) is 9.42. The molecule has 0 bridgehead atoms. The van der Waals surface area contributed by atoms with Gasteiger partial charge >= 0.3 is 5.97 Å². The van der Waals surface area contributed by atoms with E-state index in [4.69, 9.17) is 5.11 Å². The molecule has 1 amide bonds. The standard InChI is InChI=1S/C7H8N2O3S/c10-5(11)3-4-6(12)9-2-1-8-7(9)13-4/h4H,1-3H2,(H,10,11). The third-order valence-corrected chi connectivity index (χ3v) is 3.16. The molecule has 0 spiro atoms. The van der Waals surface area contributed by atoms with Gasteiger partial charge in [-0.3, -0.25) is 19.5 Å². The van der Waals surface area contributed by atoms with Gasteiger partial charge in [0.15, 0.2) is 5.17 Å². The highest BCUT2D eigenvalue weighted by Gasteiger charge is 2.40. The molecule has 1 saturated heterocycles. The van der Waals surface area contributed by atoms with Gasteiger partial charge in [0.2, 0.25) is 5.91 Å². The number of fused-ring (bicyclic) bond motifs is 1. The molecule has 2 aliphatic heterocycles. The van der Waals surface area contributed by atoms with Crippen molar-refractivity contribution in [3.63, 3.8) is 0 Å². The maximum atomic E-state index is 11.5. The van der Waals surface area contributed by atoms with Crippen LogP contribution in [0.25, 0.3) is 0 Å². The first-order valence-electron chi connectivity index (χ1n) is 3.93. The molecule has 1 fully saturated rings. The first-order valence-corrected chi connectivity index (χ1v) is 4.81. The highest BCUT2D eigenvalue weighted by atomic mass is 32.2. The molecule has 0 aromatic carbocycles. The van der Waals surface area contributed by atoms with Crippen molar-refractivity contribution in [3.05, 3.63) is 0 Å². The van der Waals surface area contributed by atoms with Crippen LogP contribution < -0.4 is 0 Å². The van der Waals surface area contributed by atoms with E-state index in [9.17, 15) is 9.59 Å². The van der Waals surface area contributed by atoms with Crippen molar-refractivity contribution < 1.29 is 14.7 Å². The Hall–Kier alpha value is -1.04. The predicted octanol–water partition coefficient (Wildman–Crippen LogP) is -0.225. The van der Waals surface area contributed by atoms with E-state index in [-0.39, 0.29) is 12.3 Å². The number of aliphatic carboxylic acids is 1. The molecule has 0 aromatic rings. The molecular formula is C7H8N2O3S. The summed E-state index contributed by atoms with van der Waals surface area (Å²) < 4.78 is 0. The summed E-state index contributed by atoms with van der Waals surface area (Å²) in [6.07, 6.45) is -0.112. The van der Waals surface area contributed by atoms with Crippen LogP contribution in [0.15, 0.2) is 4.99 Å². The fourth-order valence-electron chi connectivity index (χ4n) is 1.37. The summed E-state index contributed by atoms with van der Waals surface area (Å²) in [7, 11) is 0. The van der Waals surface area contributed by atoms with E-state index in [1.165, 1.54) is 11.8 Å². The molecule has 2 aliphatic rings. The van der Waals surface area contributed by atoms with Crippen molar-refractivity contribution >= 4 is 28.8 Å². The summed E-state index contributed by atoms with van der Waals surface area (Å²) in [5, 5.41) is 8.76. The smallest absolute Gasteiger partial charge is 0.305 e. The average molecular weight is 200 g/mol. The lowest BCUT2D eigenvalue weighted by atomic mass is 10.3. The highest BCUT2D eigenvalue weighted by molar-refractivity contribution is 8.15. The molecule has 1 unspecified atom stereocenters. The third-order valence-electron chi connectivity index (χ3n) is 1.95. The number of rotatable bonds is 2. The summed E-state index contributed by atoms with van der Waals surface area (Å²) in [6, 6.07) is 0. The zero-order valence-corrected chi connectivity index (χ0v) is 7.58. The lowest BCUT2D eigenvalue weighted by Gasteiger charge is -2.07. The van der Waals surface area contributed by atoms with Gasteiger partial charge in [0.05, 0.1) is 13.0 Å². The first-order chi connectivity index (χ1) is 6.18. The molecule has 70 valence electrons. The Morgan fingerprint density at radius 1 is 1.77 bits per heavy atom. The molecule has 0 radical (unpaired) electrons. The van der Waals surface area contributed by atoms with Crippen LogP contribution in [-0.2, 0) is 9.59 Å². The second-order valence-electron chi connectivity index (χ2n) is 2.86. The Kier molecular flexibility index (Phi) is 1.99. The molecule has 2 rings (SSSR count). The second-order valence-corrected chi connectivity index (χ2v) is 4.03. The minimum atomic E-state index is -0.937. The number of carbonyl (C=O) groups excluding carboxylic acids is 1. The second kappa shape index (κ2) is 3.02.